The Morgan fingerprint density at radius 2 is 2.18 bits per heavy atom. The maximum Gasteiger partial charge on any atom is 0.271 e. The third kappa shape index (κ3) is 2.80. The molecule has 2 aromatic heterocycles. The summed E-state index contributed by atoms with van der Waals surface area (Å²) in [5.41, 5.74) is 6.80. The Labute approximate surface area is 107 Å². The molecule has 0 fully saturated rings. The minimum Gasteiger partial charge on any atom is -0.375 e. The number of anilines is 1. The van der Waals surface area contributed by atoms with Gasteiger partial charge in [0.2, 0.25) is 0 Å². The summed E-state index contributed by atoms with van der Waals surface area (Å²) in [6, 6.07) is -0.121. The Morgan fingerprint density at radius 1 is 1.41 bits per heavy atom. The summed E-state index contributed by atoms with van der Waals surface area (Å²) in [6.07, 6.45) is 0. The van der Waals surface area contributed by atoms with E-state index in [2.05, 4.69) is 15.3 Å². The van der Waals surface area contributed by atoms with Gasteiger partial charge in [-0.15, -0.1) is 22.7 Å². The molecule has 2 aromatic rings. The fraction of sp³-hybridized carbons (Fsp3) is 0.300. The zero-order chi connectivity index (χ0) is 12.4. The van der Waals surface area contributed by atoms with Gasteiger partial charge in [0.15, 0.2) is 5.13 Å². The SMILES string of the molecule is Cc1csc(C(C)NC(=O)c2csc(N)n2)n1. The molecule has 0 aliphatic heterocycles. The summed E-state index contributed by atoms with van der Waals surface area (Å²) in [7, 11) is 0. The van der Waals surface area contributed by atoms with Gasteiger partial charge in [-0.1, -0.05) is 0 Å². The van der Waals surface area contributed by atoms with Crippen molar-refractivity contribution in [1.82, 2.24) is 15.3 Å². The van der Waals surface area contributed by atoms with Crippen LogP contribution in [0, 0.1) is 6.92 Å². The minimum absolute atomic E-state index is 0.121. The third-order valence-corrected chi connectivity index (χ3v) is 3.93. The number of aryl methyl sites for hydroxylation is 1. The van der Waals surface area contributed by atoms with Crippen molar-refractivity contribution in [1.29, 1.82) is 0 Å². The van der Waals surface area contributed by atoms with Crippen molar-refractivity contribution in [3.8, 4) is 0 Å². The number of thiazole rings is 2. The maximum absolute atomic E-state index is 11.8. The molecule has 7 heteroatoms. The largest absolute Gasteiger partial charge is 0.375 e. The van der Waals surface area contributed by atoms with Gasteiger partial charge in [0.1, 0.15) is 10.7 Å². The molecule has 0 radical (unpaired) electrons. The zero-order valence-electron chi connectivity index (χ0n) is 9.43. The molecule has 90 valence electrons. The molecule has 0 aliphatic rings. The van der Waals surface area contributed by atoms with E-state index in [1.165, 1.54) is 22.7 Å². The first-order chi connectivity index (χ1) is 8.06. The van der Waals surface area contributed by atoms with Crippen molar-refractivity contribution >= 4 is 33.7 Å². The number of carbonyl (C=O) groups is 1. The van der Waals surface area contributed by atoms with E-state index in [1.807, 2.05) is 19.2 Å². The Hall–Kier alpha value is -1.47. The van der Waals surface area contributed by atoms with Gasteiger partial charge < -0.3 is 11.1 Å². The highest BCUT2D eigenvalue weighted by Crippen LogP contribution is 2.18. The zero-order valence-corrected chi connectivity index (χ0v) is 11.1. The van der Waals surface area contributed by atoms with Gasteiger partial charge in [0.25, 0.3) is 5.91 Å². The molecule has 0 bridgehead atoms. The summed E-state index contributed by atoms with van der Waals surface area (Å²) in [5.74, 6) is -0.224. The van der Waals surface area contributed by atoms with Gasteiger partial charge in [-0.05, 0) is 13.8 Å². The summed E-state index contributed by atoms with van der Waals surface area (Å²) in [5, 5.41) is 7.72. The van der Waals surface area contributed by atoms with Crippen LogP contribution in [0.1, 0.15) is 34.2 Å². The number of amides is 1. The lowest BCUT2D eigenvalue weighted by molar-refractivity contribution is 0.0935. The van der Waals surface area contributed by atoms with Gasteiger partial charge in [-0.3, -0.25) is 4.79 Å². The molecule has 0 saturated carbocycles. The first kappa shape index (κ1) is 12.0. The lowest BCUT2D eigenvalue weighted by Crippen LogP contribution is -2.26. The Morgan fingerprint density at radius 3 is 2.71 bits per heavy atom. The molecule has 1 amide bonds. The number of carbonyl (C=O) groups excluding carboxylic acids is 1. The predicted octanol–water partition coefficient (Wildman–Crippen LogP) is 1.98. The van der Waals surface area contributed by atoms with E-state index in [4.69, 9.17) is 5.73 Å². The van der Waals surface area contributed by atoms with Crippen LogP contribution >= 0.6 is 22.7 Å². The van der Waals surface area contributed by atoms with E-state index in [-0.39, 0.29) is 11.9 Å². The van der Waals surface area contributed by atoms with Gasteiger partial charge in [0.05, 0.1) is 6.04 Å². The van der Waals surface area contributed by atoms with Crippen LogP contribution < -0.4 is 11.1 Å². The molecule has 2 rings (SSSR count). The number of hydrogen-bond donors (Lipinski definition) is 2. The van der Waals surface area contributed by atoms with Crippen LogP contribution in [0.3, 0.4) is 0 Å². The van der Waals surface area contributed by atoms with Crippen molar-refractivity contribution in [3.63, 3.8) is 0 Å². The summed E-state index contributed by atoms with van der Waals surface area (Å²) in [6.45, 7) is 3.82. The molecule has 2 heterocycles. The Kier molecular flexibility index (Phi) is 3.39. The van der Waals surface area contributed by atoms with E-state index in [0.717, 1.165) is 10.7 Å². The Bertz CT molecular complexity index is 534. The van der Waals surface area contributed by atoms with Gasteiger partial charge >= 0.3 is 0 Å². The van der Waals surface area contributed by atoms with Crippen LogP contribution in [0.25, 0.3) is 0 Å². The van der Waals surface area contributed by atoms with Crippen LogP contribution in [0.15, 0.2) is 10.8 Å². The molecule has 0 spiro atoms. The highest BCUT2D eigenvalue weighted by atomic mass is 32.1. The molecular formula is C10H12N4OS2. The molecule has 0 saturated heterocycles. The highest BCUT2D eigenvalue weighted by Gasteiger charge is 2.15. The fourth-order valence-electron chi connectivity index (χ4n) is 1.30. The van der Waals surface area contributed by atoms with Crippen LogP contribution in [0.4, 0.5) is 5.13 Å². The number of hydrogen-bond acceptors (Lipinski definition) is 6. The van der Waals surface area contributed by atoms with Crippen LogP contribution in [-0.2, 0) is 0 Å². The molecule has 3 N–H and O–H groups in total. The molecule has 17 heavy (non-hydrogen) atoms. The van der Waals surface area contributed by atoms with Crippen molar-refractivity contribution in [2.75, 3.05) is 5.73 Å². The van der Waals surface area contributed by atoms with Gasteiger partial charge in [0, 0.05) is 16.5 Å². The van der Waals surface area contributed by atoms with E-state index >= 15 is 0 Å². The van der Waals surface area contributed by atoms with Crippen molar-refractivity contribution in [2.45, 2.75) is 19.9 Å². The molecule has 1 unspecified atom stereocenters. The second-order valence-electron chi connectivity index (χ2n) is 3.59. The van der Waals surface area contributed by atoms with Crippen molar-refractivity contribution in [3.05, 3.63) is 27.2 Å². The van der Waals surface area contributed by atoms with Gasteiger partial charge in [-0.2, -0.15) is 0 Å². The molecule has 0 aromatic carbocycles. The number of rotatable bonds is 3. The normalized spacial score (nSPS) is 12.4. The smallest absolute Gasteiger partial charge is 0.271 e. The van der Waals surface area contributed by atoms with Crippen LogP contribution in [-0.4, -0.2) is 15.9 Å². The average Bonchev–Trinajstić information content (AvgIpc) is 2.87. The molecule has 5 nitrogen and oxygen atoms in total. The molecule has 1 atom stereocenters. The summed E-state index contributed by atoms with van der Waals surface area (Å²) in [4.78, 5) is 20.1. The first-order valence-corrected chi connectivity index (χ1v) is 6.76. The standard InChI is InChI=1S/C10H12N4OS2/c1-5-3-16-9(12-5)6(2)13-8(15)7-4-17-10(11)14-7/h3-4,6H,1-2H3,(H2,11,14)(H,13,15). The fourth-order valence-corrected chi connectivity index (χ4v) is 2.64. The third-order valence-electron chi connectivity index (χ3n) is 2.11. The maximum atomic E-state index is 11.8. The minimum atomic E-state index is -0.224. The Balaban J connectivity index is 2.04. The molecular weight excluding hydrogens is 256 g/mol. The molecule has 0 aliphatic carbocycles. The first-order valence-electron chi connectivity index (χ1n) is 5.00. The quantitative estimate of drug-likeness (QED) is 0.892. The van der Waals surface area contributed by atoms with E-state index in [0.29, 0.717) is 10.8 Å². The average molecular weight is 268 g/mol. The summed E-state index contributed by atoms with van der Waals surface area (Å²) >= 11 is 2.78. The number of nitrogens with two attached hydrogens (primary N) is 1. The lowest BCUT2D eigenvalue weighted by atomic mass is 10.3. The number of nitrogen functional groups attached to an aromatic ring is 1. The number of nitrogens with zero attached hydrogens (tertiary/aromatic N) is 2. The lowest BCUT2D eigenvalue weighted by Gasteiger charge is -2.09. The second kappa shape index (κ2) is 4.80. The highest BCUT2D eigenvalue weighted by molar-refractivity contribution is 7.13. The van der Waals surface area contributed by atoms with Gasteiger partial charge in [-0.25, -0.2) is 9.97 Å². The predicted molar refractivity (Wildman–Crippen MR) is 69.3 cm³/mol. The van der Waals surface area contributed by atoms with E-state index in [9.17, 15) is 4.79 Å². The summed E-state index contributed by atoms with van der Waals surface area (Å²) < 4.78 is 0. The number of nitrogens with one attached hydrogen (secondary N) is 1. The van der Waals surface area contributed by atoms with Crippen molar-refractivity contribution < 1.29 is 4.79 Å². The number of aromatic nitrogens is 2. The van der Waals surface area contributed by atoms with Crippen molar-refractivity contribution in [2.24, 2.45) is 0 Å². The monoisotopic (exact) mass is 268 g/mol. The van der Waals surface area contributed by atoms with Crippen LogP contribution in [0.5, 0.6) is 0 Å². The second-order valence-corrected chi connectivity index (χ2v) is 5.37. The van der Waals surface area contributed by atoms with Crippen LogP contribution in [0.2, 0.25) is 0 Å². The topological polar surface area (TPSA) is 80.9 Å². The van der Waals surface area contributed by atoms with E-state index < -0.39 is 0 Å². The van der Waals surface area contributed by atoms with E-state index in [1.54, 1.807) is 5.38 Å².